The van der Waals surface area contributed by atoms with Crippen molar-refractivity contribution in [1.29, 1.82) is 0 Å². The molecule has 0 aromatic carbocycles. The van der Waals surface area contributed by atoms with Gasteiger partial charge in [-0.1, -0.05) is 6.42 Å². The number of carboxylic acids is 1. The molecule has 33 heavy (non-hydrogen) atoms. The van der Waals surface area contributed by atoms with Gasteiger partial charge in [-0.05, 0) is 26.3 Å². The number of unbranched alkanes of at least 4 members (excludes halogenated alkanes) is 1. The van der Waals surface area contributed by atoms with Crippen molar-refractivity contribution in [2.45, 2.75) is 75.2 Å². The zero-order chi connectivity index (χ0) is 25.0. The first-order valence-corrected chi connectivity index (χ1v) is 11.0. The summed E-state index contributed by atoms with van der Waals surface area (Å²) in [4.78, 5) is 34.2. The highest BCUT2D eigenvalue weighted by molar-refractivity contribution is 5.90. The monoisotopic (exact) mass is 478 g/mol. The van der Waals surface area contributed by atoms with Crippen LogP contribution in [0.25, 0.3) is 0 Å². The number of methoxy groups -OCH3 is 1. The third-order valence-electron chi connectivity index (χ3n) is 5.52. The Balaban J connectivity index is 2.24. The minimum Gasteiger partial charge on any atom is -0.480 e. The summed E-state index contributed by atoms with van der Waals surface area (Å²) in [5, 5.41) is 45.6. The van der Waals surface area contributed by atoms with Crippen LogP contribution in [0.3, 0.4) is 0 Å². The molecule has 4 unspecified atom stereocenters. The van der Waals surface area contributed by atoms with Gasteiger partial charge in [-0.25, -0.2) is 0 Å². The average molecular weight is 479 g/mol. The van der Waals surface area contributed by atoms with Gasteiger partial charge in [-0.15, -0.1) is 0 Å². The molecule has 1 saturated heterocycles. The normalized spacial score (nSPS) is 26.9. The molecule has 1 rings (SSSR count). The molecular formula is C20H38N4O9. The fraction of sp³-hybridized carbons (Fsp3) is 0.850. The molecule has 0 bridgehead atoms. The van der Waals surface area contributed by atoms with E-state index in [-0.39, 0.29) is 6.42 Å². The minimum absolute atomic E-state index is 0.0829. The Bertz CT molecular complexity index is 639. The number of nitrogens with two attached hydrogens (primary N) is 1. The number of carbonyl (C=O) groups excluding carboxylic acids is 2. The van der Waals surface area contributed by atoms with E-state index >= 15 is 0 Å². The van der Waals surface area contributed by atoms with Crippen LogP contribution in [-0.2, 0) is 23.9 Å². The molecule has 1 aliphatic rings. The molecule has 13 nitrogen and oxygen atoms in total. The maximum absolute atomic E-state index is 12.1. The fourth-order valence-electron chi connectivity index (χ4n) is 3.47. The molecule has 9 N–H and O–H groups in total. The van der Waals surface area contributed by atoms with Crippen LogP contribution in [0.2, 0.25) is 0 Å². The number of carbonyl (C=O) groups is 3. The quantitative estimate of drug-likeness (QED) is 0.111. The van der Waals surface area contributed by atoms with E-state index in [4.69, 9.17) is 20.3 Å². The molecule has 2 amide bonds. The molecular weight excluding hydrogens is 440 g/mol. The van der Waals surface area contributed by atoms with Gasteiger partial charge >= 0.3 is 5.97 Å². The summed E-state index contributed by atoms with van der Waals surface area (Å²) < 4.78 is 11.1. The Labute approximate surface area is 193 Å². The van der Waals surface area contributed by atoms with E-state index in [2.05, 4.69) is 16.0 Å². The van der Waals surface area contributed by atoms with Crippen LogP contribution in [0, 0.1) is 0 Å². The summed E-state index contributed by atoms with van der Waals surface area (Å²) in [6.07, 6.45) is -0.879. The van der Waals surface area contributed by atoms with Gasteiger partial charge < -0.3 is 51.6 Å². The van der Waals surface area contributed by atoms with Gasteiger partial charge in [-0.2, -0.15) is 0 Å². The van der Waals surface area contributed by atoms with E-state index in [1.165, 1.54) is 14.0 Å². The van der Waals surface area contributed by atoms with E-state index in [0.717, 1.165) is 6.42 Å². The molecule has 192 valence electrons. The van der Waals surface area contributed by atoms with E-state index < -0.39 is 67.1 Å². The van der Waals surface area contributed by atoms with Crippen molar-refractivity contribution in [1.82, 2.24) is 16.0 Å². The lowest BCUT2D eigenvalue weighted by Gasteiger charge is -2.44. The smallest absolute Gasteiger partial charge is 0.322 e. The second-order valence-corrected chi connectivity index (χ2v) is 8.16. The van der Waals surface area contributed by atoms with Crippen LogP contribution in [0.1, 0.15) is 39.0 Å². The van der Waals surface area contributed by atoms with Crippen molar-refractivity contribution in [2.24, 2.45) is 5.73 Å². The number of hydrogen-bond donors (Lipinski definition) is 8. The maximum Gasteiger partial charge on any atom is 0.322 e. The summed E-state index contributed by atoms with van der Waals surface area (Å²) in [6.45, 7) is 1.62. The first-order chi connectivity index (χ1) is 15.5. The van der Waals surface area contributed by atoms with Gasteiger partial charge in [0.2, 0.25) is 11.8 Å². The van der Waals surface area contributed by atoms with Crippen molar-refractivity contribution in [3.05, 3.63) is 0 Å². The number of ether oxygens (including phenoxy) is 2. The lowest BCUT2D eigenvalue weighted by molar-refractivity contribution is -0.316. The summed E-state index contributed by atoms with van der Waals surface area (Å²) in [5.41, 5.74) is 5.86. The second-order valence-electron chi connectivity index (χ2n) is 8.16. The van der Waals surface area contributed by atoms with Crippen molar-refractivity contribution in [3.8, 4) is 0 Å². The number of carboxylic acid groups (broad SMARTS) is 1. The highest BCUT2D eigenvalue weighted by atomic mass is 16.7. The third-order valence-corrected chi connectivity index (χ3v) is 5.52. The molecule has 0 aliphatic carbocycles. The first kappa shape index (κ1) is 29.2. The van der Waals surface area contributed by atoms with Gasteiger partial charge in [0.25, 0.3) is 0 Å². The largest absolute Gasteiger partial charge is 0.480 e. The molecule has 0 radical (unpaired) electrons. The third kappa shape index (κ3) is 9.88. The van der Waals surface area contributed by atoms with Crippen molar-refractivity contribution >= 4 is 17.8 Å². The van der Waals surface area contributed by atoms with E-state index in [0.29, 0.717) is 32.4 Å². The van der Waals surface area contributed by atoms with Crippen molar-refractivity contribution in [3.63, 3.8) is 0 Å². The van der Waals surface area contributed by atoms with Crippen molar-refractivity contribution < 1.29 is 44.3 Å². The zero-order valence-corrected chi connectivity index (χ0v) is 19.2. The summed E-state index contributed by atoms with van der Waals surface area (Å²) in [6, 6.07) is -1.69. The Hall–Kier alpha value is -1.87. The van der Waals surface area contributed by atoms with Gasteiger partial charge in [0, 0.05) is 26.5 Å². The van der Waals surface area contributed by atoms with Gasteiger partial charge in [0.15, 0.2) is 5.79 Å². The van der Waals surface area contributed by atoms with Gasteiger partial charge in [0.05, 0.1) is 18.8 Å². The molecule has 0 aromatic rings. The Morgan fingerprint density at radius 3 is 2.52 bits per heavy atom. The summed E-state index contributed by atoms with van der Waals surface area (Å²) in [5.74, 6) is -3.38. The van der Waals surface area contributed by atoms with Crippen LogP contribution in [-0.4, -0.2) is 108 Å². The van der Waals surface area contributed by atoms with Crippen LogP contribution in [0.5, 0.6) is 0 Å². The minimum atomic E-state index is -1.18. The summed E-state index contributed by atoms with van der Waals surface area (Å²) in [7, 11) is 1.45. The number of amides is 2. The number of rotatable bonds is 15. The number of aliphatic hydroxyl groups excluding tert-OH is 3. The molecule has 13 heteroatoms. The van der Waals surface area contributed by atoms with Gasteiger partial charge in [-0.3, -0.25) is 14.4 Å². The van der Waals surface area contributed by atoms with Crippen LogP contribution < -0.4 is 21.7 Å². The topological polar surface area (TPSA) is 213 Å². The molecule has 1 heterocycles. The highest BCUT2D eigenvalue weighted by Crippen LogP contribution is 2.32. The van der Waals surface area contributed by atoms with E-state index in [9.17, 15) is 29.7 Å². The Kier molecular flexibility index (Phi) is 12.7. The molecule has 0 aromatic heterocycles. The predicted molar refractivity (Wildman–Crippen MR) is 116 cm³/mol. The van der Waals surface area contributed by atoms with Gasteiger partial charge in [0.1, 0.15) is 24.8 Å². The highest BCUT2D eigenvalue weighted by Gasteiger charge is 2.46. The van der Waals surface area contributed by atoms with E-state index in [1.54, 1.807) is 0 Å². The van der Waals surface area contributed by atoms with Crippen LogP contribution in [0.15, 0.2) is 0 Å². The Morgan fingerprint density at radius 1 is 1.21 bits per heavy atom. The summed E-state index contributed by atoms with van der Waals surface area (Å²) >= 11 is 0. The van der Waals surface area contributed by atoms with Crippen molar-refractivity contribution in [2.75, 3.05) is 33.4 Å². The lowest BCUT2D eigenvalue weighted by atomic mass is 9.93. The average Bonchev–Trinajstić information content (AvgIpc) is 2.78. The number of hydrogen-bond acceptors (Lipinski definition) is 10. The number of aliphatic carboxylic acids is 1. The molecule has 0 spiro atoms. The van der Waals surface area contributed by atoms with Crippen LogP contribution in [0.4, 0.5) is 0 Å². The Morgan fingerprint density at radius 2 is 1.91 bits per heavy atom. The number of aliphatic hydroxyl groups is 3. The fourth-order valence-corrected chi connectivity index (χ4v) is 3.47. The molecule has 1 aliphatic heterocycles. The number of nitrogens with one attached hydrogen (secondary N) is 3. The first-order valence-electron chi connectivity index (χ1n) is 11.0. The SMILES string of the molecule is CO[C@]1(CCNCCCCC(N)C(=O)NC(C)C(=O)NCC(=O)O)CC(O)[C@@H](O)C(CO)O1. The standard InChI is InChI=1S/C20H38N4O9/c1-12(18(30)23-10-16(27)28)24-19(31)13(21)5-3-4-7-22-8-6-20(32-2)9-14(26)17(29)15(11-25)33-20/h12-15,17,22,25-26,29H,3-11,21H2,1-2H3,(H,23,30)(H,24,31)(H,27,28)/t12?,13?,14?,15?,17-,20+/m1/s1. The van der Waals surface area contributed by atoms with E-state index in [1.807, 2.05) is 0 Å². The molecule has 0 saturated carbocycles. The second kappa shape index (κ2) is 14.4. The molecule has 1 fully saturated rings. The maximum atomic E-state index is 12.1. The molecule has 6 atom stereocenters. The zero-order valence-electron chi connectivity index (χ0n) is 19.2. The lowest BCUT2D eigenvalue weighted by Crippen LogP contribution is -2.57. The van der Waals surface area contributed by atoms with Crippen LogP contribution >= 0.6 is 0 Å². The predicted octanol–water partition coefficient (Wildman–Crippen LogP) is -2.99.